The Morgan fingerprint density at radius 2 is 2.20 bits per heavy atom. The molecule has 0 bridgehead atoms. The topological polar surface area (TPSA) is 56.5 Å². The molecule has 2 heterocycles. The van der Waals surface area contributed by atoms with Crippen LogP contribution in [0.3, 0.4) is 0 Å². The van der Waals surface area contributed by atoms with E-state index in [9.17, 15) is 4.79 Å². The van der Waals surface area contributed by atoms with E-state index in [4.69, 9.17) is 4.74 Å². The molecule has 128 valence electrons. The Morgan fingerprint density at radius 1 is 1.36 bits per heavy atom. The van der Waals surface area contributed by atoms with E-state index >= 15 is 0 Å². The average molecular weight is 465 g/mol. The summed E-state index contributed by atoms with van der Waals surface area (Å²) in [7, 11) is 1.65. The number of benzene rings is 1. The van der Waals surface area contributed by atoms with Crippen molar-refractivity contribution >= 4 is 50.4 Å². The van der Waals surface area contributed by atoms with Gasteiger partial charge in [-0.15, -0.1) is 11.3 Å². The standard InChI is InChI=1S/C18H16IN3O2S/c1-24-14-7-6-11(8-13(14)19)9-21-22-10-20-17-16(18(22)23)12-4-2-3-5-15(12)25-17/h6-10H,2-5H2,1H3/b21-9-. The minimum absolute atomic E-state index is 0.0798. The number of nitrogens with zero attached hydrogens (tertiary/aromatic N) is 3. The van der Waals surface area contributed by atoms with Crippen LogP contribution >= 0.6 is 33.9 Å². The van der Waals surface area contributed by atoms with Crippen molar-refractivity contribution in [3.05, 3.63) is 54.5 Å². The lowest BCUT2D eigenvalue weighted by molar-refractivity contribution is 0.412. The molecule has 2 aromatic heterocycles. The maximum Gasteiger partial charge on any atom is 0.282 e. The number of hydrogen-bond acceptors (Lipinski definition) is 5. The van der Waals surface area contributed by atoms with Gasteiger partial charge in [0.2, 0.25) is 0 Å². The molecule has 1 aliphatic rings. The largest absolute Gasteiger partial charge is 0.496 e. The number of rotatable bonds is 3. The molecule has 1 aliphatic carbocycles. The number of fused-ring (bicyclic) bond motifs is 3. The summed E-state index contributed by atoms with van der Waals surface area (Å²) >= 11 is 3.87. The molecule has 0 fully saturated rings. The Labute approximate surface area is 162 Å². The molecule has 0 spiro atoms. The van der Waals surface area contributed by atoms with Gasteiger partial charge in [-0.05, 0) is 77.6 Å². The SMILES string of the molecule is COc1ccc(/C=N\n2cnc3sc4c(c3c2=O)CCCC4)cc1I. The van der Waals surface area contributed by atoms with Crippen LogP contribution in [-0.4, -0.2) is 23.0 Å². The van der Waals surface area contributed by atoms with Crippen LogP contribution in [0.25, 0.3) is 10.2 Å². The van der Waals surface area contributed by atoms with Crippen LogP contribution in [0, 0.1) is 3.57 Å². The Bertz CT molecular complexity index is 1040. The second-order valence-corrected chi connectivity index (χ2v) is 8.17. The van der Waals surface area contributed by atoms with Crippen LogP contribution < -0.4 is 10.3 Å². The third-order valence-electron chi connectivity index (χ3n) is 4.37. The maximum absolute atomic E-state index is 12.8. The summed E-state index contributed by atoms with van der Waals surface area (Å²) in [6.07, 6.45) is 7.55. The van der Waals surface area contributed by atoms with Gasteiger partial charge in [0.1, 0.15) is 16.9 Å². The fourth-order valence-corrected chi connectivity index (χ4v) is 5.09. The molecule has 1 aromatic carbocycles. The van der Waals surface area contributed by atoms with E-state index in [-0.39, 0.29) is 5.56 Å². The normalized spacial score (nSPS) is 14.2. The van der Waals surface area contributed by atoms with E-state index in [1.165, 1.54) is 27.9 Å². The van der Waals surface area contributed by atoms with Crippen LogP contribution in [0.1, 0.15) is 28.8 Å². The van der Waals surface area contributed by atoms with Gasteiger partial charge in [0, 0.05) is 4.88 Å². The molecule has 0 aliphatic heterocycles. The summed E-state index contributed by atoms with van der Waals surface area (Å²) in [6.45, 7) is 0. The van der Waals surface area contributed by atoms with Crippen molar-refractivity contribution in [1.29, 1.82) is 0 Å². The van der Waals surface area contributed by atoms with Crippen molar-refractivity contribution in [2.75, 3.05) is 7.11 Å². The van der Waals surface area contributed by atoms with Crippen molar-refractivity contribution < 1.29 is 4.74 Å². The lowest BCUT2D eigenvalue weighted by atomic mass is 9.97. The fraction of sp³-hybridized carbons (Fsp3) is 0.278. The first kappa shape index (κ1) is 16.7. The van der Waals surface area contributed by atoms with Gasteiger partial charge < -0.3 is 4.74 Å². The van der Waals surface area contributed by atoms with Gasteiger partial charge in [-0.3, -0.25) is 4.79 Å². The number of thiophene rings is 1. The average Bonchev–Trinajstić information content (AvgIpc) is 3.00. The number of methoxy groups -OCH3 is 1. The summed E-state index contributed by atoms with van der Waals surface area (Å²) in [6, 6.07) is 5.77. The number of hydrogen-bond donors (Lipinski definition) is 0. The molecule has 0 radical (unpaired) electrons. The minimum atomic E-state index is -0.0798. The van der Waals surface area contributed by atoms with Gasteiger partial charge in [-0.2, -0.15) is 9.78 Å². The highest BCUT2D eigenvalue weighted by molar-refractivity contribution is 14.1. The number of aryl methyl sites for hydroxylation is 2. The molecular weight excluding hydrogens is 449 g/mol. The first-order valence-electron chi connectivity index (χ1n) is 8.07. The van der Waals surface area contributed by atoms with Gasteiger partial charge in [0.25, 0.3) is 5.56 Å². The Kier molecular flexibility index (Phi) is 4.60. The van der Waals surface area contributed by atoms with Crippen molar-refractivity contribution in [3.8, 4) is 5.75 Å². The van der Waals surface area contributed by atoms with Crippen LogP contribution in [0.4, 0.5) is 0 Å². The van der Waals surface area contributed by atoms with E-state index in [1.807, 2.05) is 18.2 Å². The summed E-state index contributed by atoms with van der Waals surface area (Å²) in [5.41, 5.74) is 2.01. The minimum Gasteiger partial charge on any atom is -0.496 e. The highest BCUT2D eigenvalue weighted by Crippen LogP contribution is 2.33. The van der Waals surface area contributed by atoms with Gasteiger partial charge >= 0.3 is 0 Å². The molecule has 3 aromatic rings. The summed E-state index contributed by atoms with van der Waals surface area (Å²) < 4.78 is 7.59. The predicted octanol–water partition coefficient (Wildman–Crippen LogP) is 3.83. The lowest BCUT2D eigenvalue weighted by Gasteiger charge is -2.09. The van der Waals surface area contributed by atoms with Crippen molar-refractivity contribution in [2.45, 2.75) is 25.7 Å². The highest BCUT2D eigenvalue weighted by atomic mass is 127. The summed E-state index contributed by atoms with van der Waals surface area (Å²) in [5, 5.41) is 5.08. The molecule has 25 heavy (non-hydrogen) atoms. The molecule has 0 saturated carbocycles. The van der Waals surface area contributed by atoms with Crippen molar-refractivity contribution in [2.24, 2.45) is 5.10 Å². The van der Waals surface area contributed by atoms with Crippen LogP contribution in [0.15, 0.2) is 34.4 Å². The molecule has 4 rings (SSSR count). The summed E-state index contributed by atoms with van der Waals surface area (Å²) in [4.78, 5) is 19.4. The predicted molar refractivity (Wildman–Crippen MR) is 109 cm³/mol. The summed E-state index contributed by atoms with van der Waals surface area (Å²) in [5.74, 6) is 0.822. The smallest absolute Gasteiger partial charge is 0.282 e. The molecule has 0 saturated heterocycles. The lowest BCUT2D eigenvalue weighted by Crippen LogP contribution is -2.18. The quantitative estimate of drug-likeness (QED) is 0.437. The van der Waals surface area contributed by atoms with Crippen molar-refractivity contribution in [3.63, 3.8) is 0 Å². The van der Waals surface area contributed by atoms with E-state index in [0.717, 1.165) is 44.4 Å². The molecule has 0 N–H and O–H groups in total. The first-order valence-corrected chi connectivity index (χ1v) is 9.96. The fourth-order valence-electron chi connectivity index (χ4n) is 3.11. The molecule has 0 amide bonds. The van der Waals surface area contributed by atoms with Gasteiger partial charge in [0.05, 0.1) is 22.3 Å². The second-order valence-electron chi connectivity index (χ2n) is 5.92. The molecular formula is C18H16IN3O2S. The van der Waals surface area contributed by atoms with E-state index in [2.05, 4.69) is 32.7 Å². The van der Waals surface area contributed by atoms with Crippen LogP contribution in [0.5, 0.6) is 5.75 Å². The number of aromatic nitrogens is 2. The third-order valence-corrected chi connectivity index (χ3v) is 6.41. The zero-order valence-electron chi connectivity index (χ0n) is 13.7. The molecule has 7 heteroatoms. The van der Waals surface area contributed by atoms with E-state index in [1.54, 1.807) is 24.7 Å². The van der Waals surface area contributed by atoms with Crippen LogP contribution in [0.2, 0.25) is 0 Å². The maximum atomic E-state index is 12.8. The Balaban J connectivity index is 1.73. The number of halogens is 1. The first-order chi connectivity index (χ1) is 12.2. The monoisotopic (exact) mass is 465 g/mol. The van der Waals surface area contributed by atoms with E-state index < -0.39 is 0 Å². The molecule has 5 nitrogen and oxygen atoms in total. The zero-order chi connectivity index (χ0) is 17.4. The number of ether oxygens (including phenoxy) is 1. The Hall–Kier alpha value is -1.74. The molecule has 0 unspecified atom stereocenters. The van der Waals surface area contributed by atoms with Gasteiger partial charge in [-0.1, -0.05) is 0 Å². The van der Waals surface area contributed by atoms with Gasteiger partial charge in [-0.25, -0.2) is 4.98 Å². The van der Waals surface area contributed by atoms with E-state index in [0.29, 0.717) is 0 Å². The van der Waals surface area contributed by atoms with Crippen molar-refractivity contribution in [1.82, 2.24) is 9.66 Å². The second kappa shape index (κ2) is 6.87. The zero-order valence-corrected chi connectivity index (χ0v) is 16.6. The van der Waals surface area contributed by atoms with Gasteiger partial charge in [0.15, 0.2) is 0 Å². The van der Waals surface area contributed by atoms with Crippen LogP contribution in [-0.2, 0) is 12.8 Å². The Morgan fingerprint density at radius 3 is 3.00 bits per heavy atom. The molecule has 0 atom stereocenters. The third kappa shape index (κ3) is 3.10. The highest BCUT2D eigenvalue weighted by Gasteiger charge is 2.19.